The summed E-state index contributed by atoms with van der Waals surface area (Å²) >= 11 is 0. The summed E-state index contributed by atoms with van der Waals surface area (Å²) in [6, 6.07) is 0. The van der Waals surface area contributed by atoms with E-state index in [1.807, 2.05) is 24.3 Å². The Labute approximate surface area is 95.2 Å². The van der Waals surface area contributed by atoms with Crippen molar-refractivity contribution in [1.29, 1.82) is 0 Å². The Morgan fingerprint density at radius 2 is 1.81 bits per heavy atom. The van der Waals surface area contributed by atoms with Gasteiger partial charge in [-0.2, -0.15) is 5.10 Å². The number of rotatable bonds is 2. The first kappa shape index (κ1) is 10.6. The molecule has 0 unspecified atom stereocenters. The Balaban J connectivity index is 2.68. The third-order valence-corrected chi connectivity index (χ3v) is 2.55. The van der Waals surface area contributed by atoms with Gasteiger partial charge in [0, 0.05) is 11.1 Å². The normalized spacial score (nSPS) is 13.5. The van der Waals surface area contributed by atoms with Gasteiger partial charge in [0.1, 0.15) is 0 Å². The molecule has 82 valence electrons. The maximum absolute atomic E-state index is 5.21. The average Bonchev–Trinajstić information content (AvgIpc) is 2.51. The van der Waals surface area contributed by atoms with Crippen LogP contribution in [0.1, 0.15) is 23.7 Å². The van der Waals surface area contributed by atoms with Gasteiger partial charge in [0.2, 0.25) is 5.88 Å². The fourth-order valence-corrected chi connectivity index (χ4v) is 1.68. The summed E-state index contributed by atoms with van der Waals surface area (Å²) in [6.07, 6.45) is 8.77. The van der Waals surface area contributed by atoms with Crippen molar-refractivity contribution in [2.45, 2.75) is 13.3 Å². The number of allylic oxidation sites excluding steroid dienone is 3. The number of fused-ring (bicyclic) bond motifs is 1. The fourth-order valence-electron chi connectivity index (χ4n) is 1.68. The van der Waals surface area contributed by atoms with Crippen LogP contribution < -0.4 is 4.74 Å². The molecule has 0 saturated heterocycles. The van der Waals surface area contributed by atoms with Crippen molar-refractivity contribution in [2.75, 3.05) is 7.11 Å². The summed E-state index contributed by atoms with van der Waals surface area (Å²) < 4.78 is 5.21. The Bertz CT molecular complexity index is 444. The molecule has 0 bridgehead atoms. The summed E-state index contributed by atoms with van der Waals surface area (Å²) in [5, 5.41) is 8.22. The highest BCUT2D eigenvalue weighted by Gasteiger charge is 2.13. The molecule has 0 amide bonds. The van der Waals surface area contributed by atoms with E-state index in [0.29, 0.717) is 5.88 Å². The standard InChI is InChI=1S/C13H14N2O/c1-4-12-10-7-5-9(2)6-8-11(10)13(16-3)15-14-12/h5-8H,2,4H2,1,3H3. The molecular formula is C13H14N2O. The molecular weight excluding hydrogens is 200 g/mol. The maximum Gasteiger partial charge on any atom is 0.241 e. The first-order valence-electron chi connectivity index (χ1n) is 5.25. The van der Waals surface area contributed by atoms with E-state index in [2.05, 4.69) is 23.7 Å². The van der Waals surface area contributed by atoms with Crippen LogP contribution in [0.25, 0.3) is 12.2 Å². The zero-order chi connectivity index (χ0) is 11.5. The van der Waals surface area contributed by atoms with Crippen molar-refractivity contribution < 1.29 is 4.74 Å². The minimum Gasteiger partial charge on any atom is -0.479 e. The molecule has 0 atom stereocenters. The van der Waals surface area contributed by atoms with E-state index >= 15 is 0 Å². The van der Waals surface area contributed by atoms with Gasteiger partial charge in [-0.25, -0.2) is 0 Å². The number of aryl methyl sites for hydroxylation is 1. The molecule has 2 rings (SSSR count). The van der Waals surface area contributed by atoms with Crippen molar-refractivity contribution in [3.8, 4) is 5.88 Å². The molecule has 0 spiro atoms. The Morgan fingerprint density at radius 3 is 2.44 bits per heavy atom. The summed E-state index contributed by atoms with van der Waals surface area (Å²) in [5.41, 5.74) is 3.99. The molecule has 16 heavy (non-hydrogen) atoms. The molecule has 1 aliphatic rings. The van der Waals surface area contributed by atoms with Gasteiger partial charge in [0.05, 0.1) is 12.8 Å². The quantitative estimate of drug-likeness (QED) is 0.759. The lowest BCUT2D eigenvalue weighted by Gasteiger charge is -2.08. The smallest absolute Gasteiger partial charge is 0.241 e. The van der Waals surface area contributed by atoms with E-state index in [1.165, 1.54) is 0 Å². The summed E-state index contributed by atoms with van der Waals surface area (Å²) in [6.45, 7) is 5.98. The van der Waals surface area contributed by atoms with E-state index < -0.39 is 0 Å². The molecule has 1 aliphatic carbocycles. The van der Waals surface area contributed by atoms with E-state index in [4.69, 9.17) is 4.74 Å². The first-order valence-corrected chi connectivity index (χ1v) is 5.25. The van der Waals surface area contributed by atoms with Gasteiger partial charge in [-0.1, -0.05) is 31.7 Å². The van der Waals surface area contributed by atoms with Gasteiger partial charge in [-0.15, -0.1) is 5.10 Å². The highest BCUT2D eigenvalue weighted by atomic mass is 16.5. The number of nitrogens with zero attached hydrogens (tertiary/aromatic N) is 2. The number of hydrogen-bond acceptors (Lipinski definition) is 3. The lowest BCUT2D eigenvalue weighted by atomic mass is 10.1. The van der Waals surface area contributed by atoms with Gasteiger partial charge in [0.25, 0.3) is 0 Å². The molecule has 1 aromatic rings. The van der Waals surface area contributed by atoms with Crippen LogP contribution in [0.4, 0.5) is 0 Å². The van der Waals surface area contributed by atoms with Gasteiger partial charge in [-0.3, -0.25) is 0 Å². The Kier molecular flexibility index (Phi) is 2.86. The molecule has 1 aromatic heterocycles. The predicted molar refractivity (Wildman–Crippen MR) is 65.2 cm³/mol. The zero-order valence-electron chi connectivity index (χ0n) is 9.53. The van der Waals surface area contributed by atoms with E-state index in [-0.39, 0.29) is 0 Å². The van der Waals surface area contributed by atoms with E-state index in [1.54, 1.807) is 7.11 Å². The van der Waals surface area contributed by atoms with Crippen LogP contribution in [0, 0.1) is 0 Å². The highest BCUT2D eigenvalue weighted by molar-refractivity contribution is 5.75. The first-order chi connectivity index (χ1) is 7.76. The SMILES string of the molecule is C=C1C=Cc2c(CC)nnc(OC)c2C=C1. The average molecular weight is 214 g/mol. The lowest BCUT2D eigenvalue weighted by molar-refractivity contribution is 0.390. The van der Waals surface area contributed by atoms with Gasteiger partial charge in [0.15, 0.2) is 0 Å². The van der Waals surface area contributed by atoms with E-state index in [0.717, 1.165) is 28.8 Å². The van der Waals surface area contributed by atoms with Crippen molar-refractivity contribution >= 4 is 12.2 Å². The maximum atomic E-state index is 5.21. The van der Waals surface area contributed by atoms with Crippen molar-refractivity contribution in [3.05, 3.63) is 41.1 Å². The second-order valence-electron chi connectivity index (χ2n) is 3.58. The number of aromatic nitrogens is 2. The predicted octanol–water partition coefficient (Wildman–Crippen LogP) is 2.64. The third kappa shape index (κ3) is 1.76. The molecule has 1 heterocycles. The van der Waals surface area contributed by atoms with Crippen LogP contribution in [0.15, 0.2) is 24.3 Å². The summed E-state index contributed by atoms with van der Waals surface area (Å²) in [7, 11) is 1.60. The van der Waals surface area contributed by atoms with Crippen LogP contribution in [-0.2, 0) is 6.42 Å². The lowest BCUT2D eigenvalue weighted by Crippen LogP contribution is -2.02. The Morgan fingerprint density at radius 1 is 1.12 bits per heavy atom. The molecule has 0 aromatic carbocycles. The molecule has 0 N–H and O–H groups in total. The summed E-state index contributed by atoms with van der Waals surface area (Å²) in [4.78, 5) is 0. The molecule has 3 heteroatoms. The monoisotopic (exact) mass is 214 g/mol. The van der Waals surface area contributed by atoms with Crippen molar-refractivity contribution in [3.63, 3.8) is 0 Å². The van der Waals surface area contributed by atoms with Crippen LogP contribution in [-0.4, -0.2) is 17.3 Å². The fraction of sp³-hybridized carbons (Fsp3) is 0.231. The zero-order valence-corrected chi connectivity index (χ0v) is 9.53. The van der Waals surface area contributed by atoms with Gasteiger partial charge >= 0.3 is 0 Å². The number of ether oxygens (including phenoxy) is 1. The van der Waals surface area contributed by atoms with E-state index in [9.17, 15) is 0 Å². The topological polar surface area (TPSA) is 35.0 Å². The number of methoxy groups -OCH3 is 1. The number of hydrogen-bond donors (Lipinski definition) is 0. The largest absolute Gasteiger partial charge is 0.479 e. The molecule has 3 nitrogen and oxygen atoms in total. The Hall–Kier alpha value is -1.90. The molecule has 0 fully saturated rings. The molecule has 0 saturated carbocycles. The van der Waals surface area contributed by atoms with Crippen LogP contribution >= 0.6 is 0 Å². The molecule has 0 radical (unpaired) electrons. The van der Waals surface area contributed by atoms with Crippen molar-refractivity contribution in [1.82, 2.24) is 10.2 Å². The minimum atomic E-state index is 0.558. The minimum absolute atomic E-state index is 0.558. The summed E-state index contributed by atoms with van der Waals surface area (Å²) in [5.74, 6) is 0.558. The second-order valence-corrected chi connectivity index (χ2v) is 3.58. The van der Waals surface area contributed by atoms with Crippen LogP contribution in [0.5, 0.6) is 5.88 Å². The van der Waals surface area contributed by atoms with Gasteiger partial charge < -0.3 is 4.74 Å². The van der Waals surface area contributed by atoms with Crippen LogP contribution in [0.3, 0.4) is 0 Å². The molecule has 0 aliphatic heterocycles. The highest BCUT2D eigenvalue weighted by Crippen LogP contribution is 2.27. The van der Waals surface area contributed by atoms with Crippen LogP contribution in [0.2, 0.25) is 0 Å². The second kappa shape index (κ2) is 4.31. The van der Waals surface area contributed by atoms with Crippen molar-refractivity contribution in [2.24, 2.45) is 0 Å². The third-order valence-electron chi connectivity index (χ3n) is 2.55. The van der Waals surface area contributed by atoms with Gasteiger partial charge in [-0.05, 0) is 18.1 Å².